The number of rotatable bonds is 8. The molecule has 28 heavy (non-hydrogen) atoms. The van der Waals surface area contributed by atoms with E-state index >= 15 is 0 Å². The number of amides is 1. The van der Waals surface area contributed by atoms with E-state index < -0.39 is 0 Å². The molecule has 0 aliphatic rings. The van der Waals surface area contributed by atoms with Gasteiger partial charge in [0.15, 0.2) is 5.82 Å². The molecule has 5 nitrogen and oxygen atoms in total. The number of nitrogens with two attached hydrogens (primary N) is 1. The number of carbonyl (C=O) groups is 1. The smallest absolute Gasteiger partial charge is 0.287 e. The van der Waals surface area contributed by atoms with Gasteiger partial charge in [-0.2, -0.15) is 0 Å². The van der Waals surface area contributed by atoms with Crippen molar-refractivity contribution in [2.75, 3.05) is 6.54 Å². The summed E-state index contributed by atoms with van der Waals surface area (Å²) >= 11 is 0. The number of carbonyl (C=O) groups excluding carboxylic acids is 1. The van der Waals surface area contributed by atoms with Crippen LogP contribution in [0.2, 0.25) is 0 Å². The van der Waals surface area contributed by atoms with E-state index in [1.54, 1.807) is 12.1 Å². The van der Waals surface area contributed by atoms with E-state index in [1.807, 2.05) is 18.2 Å². The minimum absolute atomic E-state index is 0.210. The van der Waals surface area contributed by atoms with Gasteiger partial charge in [0.25, 0.3) is 5.91 Å². The zero-order chi connectivity index (χ0) is 20.1. The maximum atomic E-state index is 13.1. The number of nitrogens with one attached hydrogen (secondary N) is 2. The molecule has 1 amide bonds. The van der Waals surface area contributed by atoms with Crippen molar-refractivity contribution >= 4 is 16.9 Å². The number of aromatic amines is 1. The molecule has 0 saturated heterocycles. The zero-order valence-electron chi connectivity index (χ0n) is 16.3. The summed E-state index contributed by atoms with van der Waals surface area (Å²) in [4.78, 5) is 19.8. The van der Waals surface area contributed by atoms with E-state index in [0.717, 1.165) is 41.4 Å². The van der Waals surface area contributed by atoms with Gasteiger partial charge >= 0.3 is 0 Å². The third-order valence-corrected chi connectivity index (χ3v) is 4.98. The van der Waals surface area contributed by atoms with Crippen molar-refractivity contribution in [1.82, 2.24) is 15.3 Å². The Morgan fingerprint density at radius 2 is 1.86 bits per heavy atom. The Hall–Kier alpha value is -2.73. The van der Waals surface area contributed by atoms with E-state index in [0.29, 0.717) is 18.3 Å². The van der Waals surface area contributed by atoms with Crippen molar-refractivity contribution in [2.24, 2.45) is 11.7 Å². The minimum Gasteiger partial charge on any atom is -0.349 e. The lowest BCUT2D eigenvalue weighted by molar-refractivity contribution is 0.0943. The Balaban J connectivity index is 1.59. The fraction of sp³-hybridized carbons (Fsp3) is 0.364. The van der Waals surface area contributed by atoms with Gasteiger partial charge in [-0.15, -0.1) is 0 Å². The number of H-pyrrole nitrogens is 1. The summed E-state index contributed by atoms with van der Waals surface area (Å²) in [5.74, 6) is 0.291. The predicted molar refractivity (Wildman–Crippen MR) is 110 cm³/mol. The molecule has 3 aromatic rings. The Bertz CT molecular complexity index is 933. The molecule has 1 atom stereocenters. The van der Waals surface area contributed by atoms with Crippen molar-refractivity contribution in [2.45, 2.75) is 39.2 Å². The molecule has 148 valence electrons. The number of hydrogen-bond acceptors (Lipinski definition) is 3. The molecule has 0 fully saturated rings. The first-order valence-electron chi connectivity index (χ1n) is 9.73. The van der Waals surface area contributed by atoms with Crippen molar-refractivity contribution < 1.29 is 9.18 Å². The van der Waals surface area contributed by atoms with E-state index in [2.05, 4.69) is 29.1 Å². The van der Waals surface area contributed by atoms with Crippen molar-refractivity contribution in [3.63, 3.8) is 0 Å². The summed E-state index contributed by atoms with van der Waals surface area (Å²) in [7, 11) is 0. The largest absolute Gasteiger partial charge is 0.349 e. The summed E-state index contributed by atoms with van der Waals surface area (Å²) in [6.07, 6.45) is 2.84. The molecule has 4 N–H and O–H groups in total. The van der Waals surface area contributed by atoms with Crippen LogP contribution in [-0.4, -0.2) is 28.5 Å². The lowest BCUT2D eigenvalue weighted by Crippen LogP contribution is -2.28. The number of fused-ring (bicyclic) bond motifs is 1. The summed E-state index contributed by atoms with van der Waals surface area (Å²) in [5.41, 5.74) is 9.37. The Morgan fingerprint density at radius 3 is 2.57 bits per heavy atom. The fourth-order valence-corrected chi connectivity index (χ4v) is 3.06. The van der Waals surface area contributed by atoms with E-state index in [-0.39, 0.29) is 17.8 Å². The predicted octanol–water partition coefficient (Wildman–Crippen LogP) is 4.25. The molecule has 3 rings (SSSR count). The van der Waals surface area contributed by atoms with E-state index in [1.165, 1.54) is 12.1 Å². The second kappa shape index (κ2) is 8.97. The summed E-state index contributed by atoms with van der Waals surface area (Å²) in [5, 5.41) is 2.90. The zero-order valence-corrected chi connectivity index (χ0v) is 16.3. The summed E-state index contributed by atoms with van der Waals surface area (Å²) < 4.78 is 13.1. The summed E-state index contributed by atoms with van der Waals surface area (Å²) in [6.45, 7) is 4.84. The van der Waals surface area contributed by atoms with Crippen LogP contribution in [0.4, 0.5) is 4.39 Å². The monoisotopic (exact) mass is 382 g/mol. The maximum Gasteiger partial charge on any atom is 0.287 e. The highest BCUT2D eigenvalue weighted by Gasteiger charge is 2.12. The van der Waals surface area contributed by atoms with Gasteiger partial charge < -0.3 is 16.0 Å². The van der Waals surface area contributed by atoms with Crippen LogP contribution < -0.4 is 11.1 Å². The average Bonchev–Trinajstić information content (AvgIpc) is 3.11. The molecular formula is C22H27FN4O. The van der Waals surface area contributed by atoms with Gasteiger partial charge in [0, 0.05) is 12.6 Å². The highest BCUT2D eigenvalue weighted by atomic mass is 19.1. The summed E-state index contributed by atoms with van der Waals surface area (Å²) in [6, 6.07) is 12.2. The molecule has 1 unspecified atom stereocenters. The molecule has 1 heterocycles. The van der Waals surface area contributed by atoms with Crippen LogP contribution in [0.1, 0.15) is 43.7 Å². The number of aromatic nitrogens is 2. The topological polar surface area (TPSA) is 83.8 Å². The van der Waals surface area contributed by atoms with Crippen LogP contribution >= 0.6 is 0 Å². The van der Waals surface area contributed by atoms with Crippen LogP contribution in [0.25, 0.3) is 22.2 Å². The number of nitrogens with zero attached hydrogens (tertiary/aromatic N) is 1. The number of unbranched alkanes of at least 4 members (excludes halogenated alkanes) is 1. The lowest BCUT2D eigenvalue weighted by atomic mass is 9.99. The van der Waals surface area contributed by atoms with E-state index in [4.69, 9.17) is 5.73 Å². The van der Waals surface area contributed by atoms with Crippen LogP contribution in [0.3, 0.4) is 0 Å². The standard InChI is InChI=1S/C22H27FN4O/c1-14(2)18(24)5-3-4-12-25-22(28)21-26-19-11-8-16(13-20(19)27-21)15-6-9-17(23)10-7-15/h6-11,13-14,18H,3-5,12,24H2,1-2H3,(H,25,28)(H,26,27). The second-order valence-corrected chi connectivity index (χ2v) is 7.48. The normalized spacial score (nSPS) is 12.5. The molecule has 0 radical (unpaired) electrons. The van der Waals surface area contributed by atoms with E-state index in [9.17, 15) is 9.18 Å². The van der Waals surface area contributed by atoms with Gasteiger partial charge in [0.1, 0.15) is 5.82 Å². The van der Waals surface area contributed by atoms with Gasteiger partial charge in [0.05, 0.1) is 11.0 Å². The first-order valence-corrected chi connectivity index (χ1v) is 9.73. The van der Waals surface area contributed by atoms with Gasteiger partial charge in [-0.05, 0) is 54.2 Å². The Morgan fingerprint density at radius 1 is 1.14 bits per heavy atom. The van der Waals surface area contributed by atoms with Crippen LogP contribution in [-0.2, 0) is 0 Å². The molecule has 1 aromatic heterocycles. The highest BCUT2D eigenvalue weighted by Crippen LogP contribution is 2.23. The minimum atomic E-state index is -0.267. The average molecular weight is 382 g/mol. The number of hydrogen-bond donors (Lipinski definition) is 3. The molecule has 2 aromatic carbocycles. The lowest BCUT2D eigenvalue weighted by Gasteiger charge is -2.14. The molecule has 0 spiro atoms. The molecule has 6 heteroatoms. The second-order valence-electron chi connectivity index (χ2n) is 7.48. The van der Waals surface area contributed by atoms with Crippen molar-refractivity contribution in [3.8, 4) is 11.1 Å². The molecular weight excluding hydrogens is 355 g/mol. The molecule has 0 bridgehead atoms. The number of halogens is 1. The van der Waals surface area contributed by atoms with Gasteiger partial charge in [-0.25, -0.2) is 9.37 Å². The molecule has 0 aliphatic heterocycles. The van der Waals surface area contributed by atoms with Gasteiger partial charge in [-0.3, -0.25) is 4.79 Å². The van der Waals surface area contributed by atoms with Crippen LogP contribution in [0, 0.1) is 11.7 Å². The third-order valence-electron chi connectivity index (χ3n) is 4.98. The Kier molecular flexibility index (Phi) is 6.41. The number of benzene rings is 2. The van der Waals surface area contributed by atoms with Crippen molar-refractivity contribution in [1.29, 1.82) is 0 Å². The SMILES string of the molecule is CC(C)C(N)CCCCNC(=O)c1nc2ccc(-c3ccc(F)cc3)cc2[nH]1. The van der Waals surface area contributed by atoms with Crippen molar-refractivity contribution in [3.05, 3.63) is 54.1 Å². The highest BCUT2D eigenvalue weighted by molar-refractivity contribution is 5.94. The first kappa shape index (κ1) is 20.0. The third kappa shape index (κ3) is 4.95. The first-order chi connectivity index (χ1) is 13.4. The maximum absolute atomic E-state index is 13.1. The van der Waals surface area contributed by atoms with Crippen LogP contribution in [0.15, 0.2) is 42.5 Å². The molecule has 0 aliphatic carbocycles. The van der Waals surface area contributed by atoms with Gasteiger partial charge in [-0.1, -0.05) is 38.5 Å². The number of imidazole rings is 1. The quantitative estimate of drug-likeness (QED) is 0.509. The Labute approximate surface area is 164 Å². The van der Waals surface area contributed by atoms with Crippen LogP contribution in [0.5, 0.6) is 0 Å². The fourth-order valence-electron chi connectivity index (χ4n) is 3.06. The molecule has 0 saturated carbocycles. The van der Waals surface area contributed by atoms with Gasteiger partial charge in [0.2, 0.25) is 0 Å².